The summed E-state index contributed by atoms with van der Waals surface area (Å²) in [6.45, 7) is 0.457. The zero-order valence-electron chi connectivity index (χ0n) is 11.7. The van der Waals surface area contributed by atoms with Crippen LogP contribution in [0.5, 0.6) is 5.88 Å². The normalized spacial score (nSPS) is 21.0. The highest BCUT2D eigenvalue weighted by molar-refractivity contribution is 6.31. The molecule has 0 amide bonds. The number of methoxy groups -OCH3 is 1. The Morgan fingerprint density at radius 1 is 1.41 bits per heavy atom. The maximum absolute atomic E-state index is 13.2. The number of fused-ring (bicyclic) bond motifs is 1. The number of aromatic nitrogens is 2. The van der Waals surface area contributed by atoms with Gasteiger partial charge in [0.25, 0.3) is 5.88 Å². The van der Waals surface area contributed by atoms with Gasteiger partial charge in [-0.2, -0.15) is 0 Å². The molecule has 2 heterocycles. The van der Waals surface area contributed by atoms with Crippen molar-refractivity contribution in [2.75, 3.05) is 13.7 Å². The molecule has 1 aliphatic rings. The lowest BCUT2D eigenvalue weighted by molar-refractivity contribution is -0.142. The van der Waals surface area contributed by atoms with E-state index in [1.807, 2.05) is 0 Å². The van der Waals surface area contributed by atoms with Crippen molar-refractivity contribution in [3.63, 3.8) is 0 Å². The molecule has 0 bridgehead atoms. The van der Waals surface area contributed by atoms with E-state index in [2.05, 4.69) is 20.0 Å². The van der Waals surface area contributed by atoms with Gasteiger partial charge in [0.05, 0.1) is 18.1 Å². The average molecular weight is 326 g/mol. The molecule has 2 unspecified atom stereocenters. The second kappa shape index (κ2) is 6.02. The number of benzene rings is 1. The molecule has 6 nitrogen and oxygen atoms in total. The zero-order valence-corrected chi connectivity index (χ0v) is 12.4. The number of nitrogens with one attached hydrogen (secondary N) is 1. The summed E-state index contributed by atoms with van der Waals surface area (Å²) in [6.07, 6.45) is 0.146. The molecule has 1 saturated heterocycles. The minimum absolute atomic E-state index is 0.0978. The van der Waals surface area contributed by atoms with Crippen molar-refractivity contribution in [3.8, 4) is 5.88 Å². The van der Waals surface area contributed by atoms with Crippen molar-refractivity contribution in [2.45, 2.75) is 18.6 Å². The van der Waals surface area contributed by atoms with Crippen LogP contribution in [0.4, 0.5) is 4.39 Å². The van der Waals surface area contributed by atoms with Crippen LogP contribution in [0.25, 0.3) is 11.0 Å². The van der Waals surface area contributed by atoms with Crippen molar-refractivity contribution in [3.05, 3.63) is 29.2 Å². The average Bonchev–Trinajstić information content (AvgIpc) is 2.96. The van der Waals surface area contributed by atoms with Gasteiger partial charge in [0.2, 0.25) is 0 Å². The Hall–Kier alpha value is -1.99. The topological polar surface area (TPSA) is 73.3 Å². The first-order valence-electron chi connectivity index (χ1n) is 6.67. The van der Waals surface area contributed by atoms with Gasteiger partial charge in [-0.05, 0) is 12.1 Å². The molecule has 1 fully saturated rings. The monoisotopic (exact) mass is 325 g/mol. The SMILES string of the molecule is COC(=O)C1CC(Oc2nc3cc(F)ccc3nc2Cl)CN1. The lowest BCUT2D eigenvalue weighted by Crippen LogP contribution is -2.31. The Balaban J connectivity index is 1.79. The molecule has 0 aliphatic carbocycles. The fourth-order valence-corrected chi connectivity index (χ4v) is 2.52. The van der Waals surface area contributed by atoms with Gasteiger partial charge in [-0.3, -0.25) is 4.79 Å². The molecule has 1 aromatic heterocycles. The smallest absolute Gasteiger partial charge is 0.323 e. The highest BCUT2D eigenvalue weighted by atomic mass is 35.5. The molecule has 0 radical (unpaired) electrons. The van der Waals surface area contributed by atoms with Gasteiger partial charge in [0.1, 0.15) is 18.0 Å². The number of hydrogen-bond acceptors (Lipinski definition) is 6. The third-order valence-corrected chi connectivity index (χ3v) is 3.66. The summed E-state index contributed by atoms with van der Waals surface area (Å²) in [5.74, 6) is -0.635. The predicted molar refractivity (Wildman–Crippen MR) is 77.3 cm³/mol. The fraction of sp³-hybridized carbons (Fsp3) is 0.357. The fourth-order valence-electron chi connectivity index (χ4n) is 2.34. The summed E-state index contributed by atoms with van der Waals surface area (Å²) in [5, 5.41) is 3.09. The molecular formula is C14H13ClFN3O3. The lowest BCUT2D eigenvalue weighted by atomic mass is 10.2. The number of halogens is 2. The first-order chi connectivity index (χ1) is 10.6. The van der Waals surface area contributed by atoms with Gasteiger partial charge in [-0.15, -0.1) is 0 Å². The Bertz CT molecular complexity index is 728. The van der Waals surface area contributed by atoms with Crippen LogP contribution in [-0.4, -0.2) is 41.7 Å². The van der Waals surface area contributed by atoms with Gasteiger partial charge >= 0.3 is 5.97 Å². The van der Waals surface area contributed by atoms with E-state index in [1.165, 1.54) is 25.3 Å². The van der Waals surface area contributed by atoms with Crippen LogP contribution in [0, 0.1) is 5.82 Å². The molecule has 8 heteroatoms. The van der Waals surface area contributed by atoms with E-state index in [0.29, 0.717) is 24.0 Å². The second-order valence-electron chi connectivity index (χ2n) is 4.91. The molecule has 0 saturated carbocycles. The van der Waals surface area contributed by atoms with Crippen molar-refractivity contribution in [1.82, 2.24) is 15.3 Å². The molecule has 1 aromatic carbocycles. The Labute approximate surface area is 130 Å². The summed E-state index contributed by atoms with van der Waals surface area (Å²) in [4.78, 5) is 19.8. The first kappa shape index (κ1) is 14.9. The number of carbonyl (C=O) groups is 1. The van der Waals surface area contributed by atoms with E-state index in [4.69, 9.17) is 16.3 Å². The number of esters is 1. The van der Waals surface area contributed by atoms with Crippen molar-refractivity contribution >= 4 is 28.6 Å². The van der Waals surface area contributed by atoms with Crippen molar-refractivity contribution < 1.29 is 18.7 Å². The summed E-state index contributed by atoms with van der Waals surface area (Å²) >= 11 is 6.04. The Morgan fingerprint density at radius 2 is 2.23 bits per heavy atom. The van der Waals surface area contributed by atoms with Crippen LogP contribution in [0.2, 0.25) is 5.15 Å². The summed E-state index contributed by atoms with van der Waals surface area (Å²) in [6, 6.07) is 3.63. The molecule has 1 aliphatic heterocycles. The van der Waals surface area contributed by atoms with Gasteiger partial charge < -0.3 is 14.8 Å². The zero-order chi connectivity index (χ0) is 15.7. The molecule has 2 aromatic rings. The first-order valence-corrected chi connectivity index (χ1v) is 7.05. The maximum Gasteiger partial charge on any atom is 0.323 e. The standard InChI is InChI=1S/C14H13ClFN3O3/c1-21-14(20)11-5-8(6-17-11)22-13-12(15)18-9-3-2-7(16)4-10(9)19-13/h2-4,8,11,17H,5-6H2,1H3. The van der Waals surface area contributed by atoms with Crippen LogP contribution in [0.15, 0.2) is 18.2 Å². The summed E-state index contributed by atoms with van der Waals surface area (Å²) < 4.78 is 23.6. The van der Waals surface area contributed by atoms with Crippen LogP contribution < -0.4 is 10.1 Å². The number of hydrogen-bond donors (Lipinski definition) is 1. The molecule has 116 valence electrons. The van der Waals surface area contributed by atoms with Gasteiger partial charge in [0.15, 0.2) is 5.15 Å². The van der Waals surface area contributed by atoms with Crippen LogP contribution in [0.1, 0.15) is 6.42 Å². The number of nitrogens with zero attached hydrogens (tertiary/aromatic N) is 2. The van der Waals surface area contributed by atoms with Gasteiger partial charge in [0, 0.05) is 19.0 Å². The van der Waals surface area contributed by atoms with Crippen LogP contribution in [-0.2, 0) is 9.53 Å². The molecule has 1 N–H and O–H groups in total. The minimum atomic E-state index is -0.417. The number of carbonyl (C=O) groups excluding carboxylic acids is 1. The van der Waals surface area contributed by atoms with Gasteiger partial charge in [-0.25, -0.2) is 14.4 Å². The van der Waals surface area contributed by atoms with Crippen LogP contribution >= 0.6 is 11.6 Å². The highest BCUT2D eigenvalue weighted by Crippen LogP contribution is 2.26. The highest BCUT2D eigenvalue weighted by Gasteiger charge is 2.32. The third-order valence-electron chi connectivity index (χ3n) is 3.41. The molecule has 0 spiro atoms. The van der Waals surface area contributed by atoms with E-state index in [-0.39, 0.29) is 23.1 Å². The summed E-state index contributed by atoms with van der Waals surface area (Å²) in [7, 11) is 1.33. The third kappa shape index (κ3) is 2.95. The quantitative estimate of drug-likeness (QED) is 0.866. The molecule has 22 heavy (non-hydrogen) atoms. The molecule has 3 rings (SSSR count). The minimum Gasteiger partial charge on any atom is -0.471 e. The Morgan fingerprint density at radius 3 is 3.00 bits per heavy atom. The van der Waals surface area contributed by atoms with Gasteiger partial charge in [-0.1, -0.05) is 11.6 Å². The molecule has 2 atom stereocenters. The van der Waals surface area contributed by atoms with E-state index >= 15 is 0 Å². The maximum atomic E-state index is 13.2. The van der Waals surface area contributed by atoms with Crippen LogP contribution in [0.3, 0.4) is 0 Å². The number of rotatable bonds is 3. The second-order valence-corrected chi connectivity index (χ2v) is 5.27. The van der Waals surface area contributed by atoms with E-state index < -0.39 is 11.9 Å². The number of ether oxygens (including phenoxy) is 2. The van der Waals surface area contributed by atoms with E-state index in [9.17, 15) is 9.18 Å². The van der Waals surface area contributed by atoms with E-state index in [0.717, 1.165) is 0 Å². The largest absolute Gasteiger partial charge is 0.471 e. The Kier molecular flexibility index (Phi) is 4.08. The predicted octanol–water partition coefficient (Wildman–Crippen LogP) is 1.70. The van der Waals surface area contributed by atoms with Crippen molar-refractivity contribution in [2.24, 2.45) is 0 Å². The molecular weight excluding hydrogens is 313 g/mol. The van der Waals surface area contributed by atoms with Crippen molar-refractivity contribution in [1.29, 1.82) is 0 Å². The lowest BCUT2D eigenvalue weighted by Gasteiger charge is -2.13. The van der Waals surface area contributed by atoms with E-state index in [1.54, 1.807) is 0 Å². The summed E-state index contributed by atoms with van der Waals surface area (Å²) in [5.41, 5.74) is 0.839.